The Balaban J connectivity index is 1.87. The minimum Gasteiger partial charge on any atom is -0.382 e. The monoisotopic (exact) mass is 234 g/mol. The summed E-state index contributed by atoms with van der Waals surface area (Å²) in [5.74, 6) is 0.452. The maximum Gasteiger partial charge on any atom is 0.0482 e. The number of hydrogen-bond acceptors (Lipinski definition) is 3. The number of nitrogens with two attached hydrogens (primary N) is 1. The molecule has 2 unspecified atom stereocenters. The van der Waals surface area contributed by atoms with E-state index in [-0.39, 0.29) is 6.04 Å². The third kappa shape index (κ3) is 3.05. The molecule has 1 aromatic rings. The summed E-state index contributed by atoms with van der Waals surface area (Å²) in [7, 11) is 0. The highest BCUT2D eigenvalue weighted by Crippen LogP contribution is 2.34. The minimum atomic E-state index is 0.228. The van der Waals surface area contributed by atoms with Crippen LogP contribution in [0.4, 0.5) is 0 Å². The standard InChI is InChI=1S/C14H22N2O/c1-2-17-10-4-6-13(15)12-8-7-11-5-3-9-16-14(11)12/h3,5,9,12-13H,2,4,6-8,10,15H2,1H3. The molecule has 2 atom stereocenters. The summed E-state index contributed by atoms with van der Waals surface area (Å²) in [6.45, 7) is 3.64. The Morgan fingerprint density at radius 1 is 1.59 bits per heavy atom. The van der Waals surface area contributed by atoms with Crippen LogP contribution in [0, 0.1) is 0 Å². The predicted octanol–water partition coefficient (Wildman–Crippen LogP) is 2.26. The second-order valence-electron chi connectivity index (χ2n) is 4.70. The van der Waals surface area contributed by atoms with Crippen LogP contribution in [0.1, 0.15) is 43.4 Å². The van der Waals surface area contributed by atoms with Crippen molar-refractivity contribution in [3.8, 4) is 0 Å². The Labute approximate surface area is 103 Å². The summed E-state index contributed by atoms with van der Waals surface area (Å²) in [4.78, 5) is 4.49. The van der Waals surface area contributed by atoms with Crippen LogP contribution in [0.3, 0.4) is 0 Å². The molecule has 0 aromatic carbocycles. The maximum atomic E-state index is 6.28. The SMILES string of the molecule is CCOCCCC(N)C1CCc2cccnc21. The molecule has 17 heavy (non-hydrogen) atoms. The summed E-state index contributed by atoms with van der Waals surface area (Å²) in [5.41, 5.74) is 8.90. The third-order valence-electron chi connectivity index (χ3n) is 3.55. The van der Waals surface area contributed by atoms with E-state index in [1.165, 1.54) is 11.3 Å². The molecule has 1 aliphatic carbocycles. The number of rotatable bonds is 6. The molecule has 1 aromatic heterocycles. The topological polar surface area (TPSA) is 48.1 Å². The molecule has 2 rings (SSSR count). The third-order valence-corrected chi connectivity index (χ3v) is 3.55. The van der Waals surface area contributed by atoms with Crippen molar-refractivity contribution < 1.29 is 4.74 Å². The van der Waals surface area contributed by atoms with Crippen LogP contribution < -0.4 is 5.73 Å². The first-order chi connectivity index (χ1) is 8.33. The second kappa shape index (κ2) is 6.12. The minimum absolute atomic E-state index is 0.228. The van der Waals surface area contributed by atoms with E-state index in [0.717, 1.165) is 38.9 Å². The lowest BCUT2D eigenvalue weighted by Gasteiger charge is -2.19. The summed E-state index contributed by atoms with van der Waals surface area (Å²) in [5, 5.41) is 0. The molecule has 0 aliphatic heterocycles. The molecule has 94 valence electrons. The van der Waals surface area contributed by atoms with Crippen LogP contribution in [-0.4, -0.2) is 24.2 Å². The first kappa shape index (κ1) is 12.5. The second-order valence-corrected chi connectivity index (χ2v) is 4.70. The Bertz CT molecular complexity index is 354. The molecule has 0 amide bonds. The van der Waals surface area contributed by atoms with Gasteiger partial charge < -0.3 is 10.5 Å². The van der Waals surface area contributed by atoms with Crippen LogP contribution in [-0.2, 0) is 11.2 Å². The Kier molecular flexibility index (Phi) is 4.51. The zero-order valence-corrected chi connectivity index (χ0v) is 10.6. The van der Waals surface area contributed by atoms with Crippen molar-refractivity contribution in [1.82, 2.24) is 4.98 Å². The van der Waals surface area contributed by atoms with Gasteiger partial charge in [0, 0.05) is 37.1 Å². The van der Waals surface area contributed by atoms with Gasteiger partial charge in [0.2, 0.25) is 0 Å². The molecule has 0 bridgehead atoms. The lowest BCUT2D eigenvalue weighted by Crippen LogP contribution is -2.28. The van der Waals surface area contributed by atoms with Gasteiger partial charge in [-0.2, -0.15) is 0 Å². The molecule has 2 N–H and O–H groups in total. The quantitative estimate of drug-likeness (QED) is 0.768. The molecule has 0 fully saturated rings. The van der Waals surface area contributed by atoms with Gasteiger partial charge in [-0.15, -0.1) is 0 Å². The smallest absolute Gasteiger partial charge is 0.0482 e. The van der Waals surface area contributed by atoms with Crippen molar-refractivity contribution >= 4 is 0 Å². The normalized spacial score (nSPS) is 20.2. The molecule has 0 spiro atoms. The molecule has 0 saturated carbocycles. The Morgan fingerprint density at radius 2 is 2.47 bits per heavy atom. The fourth-order valence-corrected chi connectivity index (χ4v) is 2.63. The van der Waals surface area contributed by atoms with E-state index in [4.69, 9.17) is 10.5 Å². The van der Waals surface area contributed by atoms with Gasteiger partial charge in [0.05, 0.1) is 0 Å². The van der Waals surface area contributed by atoms with E-state index < -0.39 is 0 Å². The van der Waals surface area contributed by atoms with Gasteiger partial charge in [0.1, 0.15) is 0 Å². The van der Waals surface area contributed by atoms with Crippen LogP contribution in [0.5, 0.6) is 0 Å². The molecule has 3 heteroatoms. The average Bonchev–Trinajstić information content (AvgIpc) is 2.78. The number of ether oxygens (including phenoxy) is 1. The Hall–Kier alpha value is -0.930. The lowest BCUT2D eigenvalue weighted by atomic mass is 9.94. The molecule has 0 radical (unpaired) electrons. The molecule has 1 heterocycles. The van der Waals surface area contributed by atoms with Gasteiger partial charge in [-0.05, 0) is 44.2 Å². The zero-order valence-electron chi connectivity index (χ0n) is 10.6. The predicted molar refractivity (Wildman–Crippen MR) is 69.0 cm³/mol. The van der Waals surface area contributed by atoms with Crippen LogP contribution in [0.15, 0.2) is 18.3 Å². The molecular formula is C14H22N2O. The van der Waals surface area contributed by atoms with Gasteiger partial charge >= 0.3 is 0 Å². The van der Waals surface area contributed by atoms with Crippen LogP contribution in [0.2, 0.25) is 0 Å². The van der Waals surface area contributed by atoms with Crippen molar-refractivity contribution in [3.63, 3.8) is 0 Å². The summed E-state index contributed by atoms with van der Waals surface area (Å²) < 4.78 is 5.34. The highest BCUT2D eigenvalue weighted by molar-refractivity contribution is 5.29. The zero-order chi connectivity index (χ0) is 12.1. The summed E-state index contributed by atoms with van der Waals surface area (Å²) >= 11 is 0. The number of aromatic nitrogens is 1. The van der Waals surface area contributed by atoms with Crippen molar-refractivity contribution in [2.24, 2.45) is 5.73 Å². The van der Waals surface area contributed by atoms with Crippen molar-refractivity contribution in [1.29, 1.82) is 0 Å². The summed E-state index contributed by atoms with van der Waals surface area (Å²) in [6.07, 6.45) is 6.24. The fourth-order valence-electron chi connectivity index (χ4n) is 2.63. The Morgan fingerprint density at radius 3 is 3.29 bits per heavy atom. The van der Waals surface area contributed by atoms with E-state index >= 15 is 0 Å². The highest BCUT2D eigenvalue weighted by Gasteiger charge is 2.28. The number of pyridine rings is 1. The van der Waals surface area contributed by atoms with Gasteiger partial charge in [-0.1, -0.05) is 6.07 Å². The number of aryl methyl sites for hydroxylation is 1. The summed E-state index contributed by atoms with van der Waals surface area (Å²) in [6, 6.07) is 4.42. The van der Waals surface area contributed by atoms with Gasteiger partial charge in [-0.3, -0.25) is 4.98 Å². The average molecular weight is 234 g/mol. The van der Waals surface area contributed by atoms with Gasteiger partial charge in [0.25, 0.3) is 0 Å². The lowest BCUT2D eigenvalue weighted by molar-refractivity contribution is 0.141. The largest absolute Gasteiger partial charge is 0.382 e. The van der Waals surface area contributed by atoms with Crippen molar-refractivity contribution in [2.75, 3.05) is 13.2 Å². The molecule has 0 saturated heterocycles. The first-order valence-corrected chi connectivity index (χ1v) is 6.60. The fraction of sp³-hybridized carbons (Fsp3) is 0.643. The first-order valence-electron chi connectivity index (χ1n) is 6.60. The van der Waals surface area contributed by atoms with E-state index in [1.807, 2.05) is 19.2 Å². The van der Waals surface area contributed by atoms with E-state index in [1.54, 1.807) is 0 Å². The molecule has 3 nitrogen and oxygen atoms in total. The number of hydrogen-bond donors (Lipinski definition) is 1. The maximum absolute atomic E-state index is 6.28. The number of fused-ring (bicyclic) bond motifs is 1. The molecular weight excluding hydrogens is 212 g/mol. The van der Waals surface area contributed by atoms with Crippen molar-refractivity contribution in [3.05, 3.63) is 29.6 Å². The van der Waals surface area contributed by atoms with E-state index in [2.05, 4.69) is 11.1 Å². The van der Waals surface area contributed by atoms with E-state index in [0.29, 0.717) is 5.92 Å². The number of nitrogens with zero attached hydrogens (tertiary/aromatic N) is 1. The molecule has 1 aliphatic rings. The van der Waals surface area contributed by atoms with Gasteiger partial charge in [-0.25, -0.2) is 0 Å². The van der Waals surface area contributed by atoms with Gasteiger partial charge in [0.15, 0.2) is 0 Å². The van der Waals surface area contributed by atoms with E-state index in [9.17, 15) is 0 Å². The highest BCUT2D eigenvalue weighted by atomic mass is 16.5. The van der Waals surface area contributed by atoms with Crippen LogP contribution >= 0.6 is 0 Å². The van der Waals surface area contributed by atoms with Crippen LogP contribution in [0.25, 0.3) is 0 Å². The van der Waals surface area contributed by atoms with Crippen molar-refractivity contribution in [2.45, 2.75) is 44.6 Å².